The zero-order chi connectivity index (χ0) is 11.9. The molecule has 3 rings (SSSR count). The topological polar surface area (TPSA) is 29.3 Å². The van der Waals surface area contributed by atoms with Crippen molar-refractivity contribution in [3.8, 4) is 0 Å². The van der Waals surface area contributed by atoms with E-state index < -0.39 is 0 Å². The molecule has 0 radical (unpaired) electrons. The van der Waals surface area contributed by atoms with Crippen molar-refractivity contribution in [2.45, 2.75) is 31.1 Å². The maximum absolute atomic E-state index is 14.1. The molecule has 1 aliphatic heterocycles. The van der Waals surface area contributed by atoms with Gasteiger partial charge >= 0.3 is 0 Å². The second-order valence-corrected chi connectivity index (χ2v) is 5.31. The van der Waals surface area contributed by atoms with Gasteiger partial charge < -0.3 is 10.6 Å². The van der Waals surface area contributed by atoms with Gasteiger partial charge in [-0.2, -0.15) is 0 Å². The molecule has 17 heavy (non-hydrogen) atoms. The summed E-state index contributed by atoms with van der Waals surface area (Å²) in [6, 6.07) is 5.45. The first-order valence-corrected chi connectivity index (χ1v) is 6.51. The van der Waals surface area contributed by atoms with E-state index in [1.165, 1.54) is 12.8 Å². The van der Waals surface area contributed by atoms with Crippen molar-refractivity contribution in [1.29, 1.82) is 0 Å². The molecular weight excluding hydrogens is 215 g/mol. The highest BCUT2D eigenvalue weighted by Gasteiger charge is 2.46. The number of anilines is 1. The predicted octanol–water partition coefficient (Wildman–Crippen LogP) is 2.42. The number of hydrogen-bond donors (Lipinski definition) is 1. The standard InChI is InChI=1S/C14H19FN2/c15-11-4-3-5-12(17-8-1-2-9-17)13(11)14(10-16)6-7-14/h3-5H,1-2,6-10,16H2. The van der Waals surface area contributed by atoms with Crippen molar-refractivity contribution in [3.05, 3.63) is 29.6 Å². The van der Waals surface area contributed by atoms with Gasteiger partial charge in [-0.25, -0.2) is 4.39 Å². The second kappa shape index (κ2) is 3.98. The van der Waals surface area contributed by atoms with Crippen LogP contribution in [0.2, 0.25) is 0 Å². The average molecular weight is 234 g/mol. The Hall–Kier alpha value is -1.09. The summed E-state index contributed by atoms with van der Waals surface area (Å²) in [6.07, 6.45) is 4.49. The average Bonchev–Trinajstić information content (AvgIpc) is 2.94. The van der Waals surface area contributed by atoms with Crippen LogP contribution < -0.4 is 10.6 Å². The summed E-state index contributed by atoms with van der Waals surface area (Å²) in [5.41, 5.74) is 7.75. The monoisotopic (exact) mass is 234 g/mol. The Kier molecular flexibility index (Phi) is 2.58. The molecular formula is C14H19FN2. The Balaban J connectivity index is 2.05. The molecule has 0 amide bonds. The highest BCUT2D eigenvalue weighted by Crippen LogP contribution is 2.51. The van der Waals surface area contributed by atoms with Gasteiger partial charge in [-0.15, -0.1) is 0 Å². The molecule has 0 unspecified atom stereocenters. The van der Waals surface area contributed by atoms with Gasteiger partial charge in [0, 0.05) is 36.3 Å². The van der Waals surface area contributed by atoms with Crippen molar-refractivity contribution in [1.82, 2.24) is 0 Å². The van der Waals surface area contributed by atoms with E-state index in [-0.39, 0.29) is 11.2 Å². The number of halogens is 1. The van der Waals surface area contributed by atoms with Crippen LogP contribution in [-0.2, 0) is 5.41 Å². The highest BCUT2D eigenvalue weighted by molar-refractivity contribution is 5.60. The fraction of sp³-hybridized carbons (Fsp3) is 0.571. The van der Waals surface area contributed by atoms with E-state index in [1.807, 2.05) is 6.07 Å². The van der Waals surface area contributed by atoms with Crippen LogP contribution in [0.4, 0.5) is 10.1 Å². The van der Waals surface area contributed by atoms with E-state index in [1.54, 1.807) is 6.07 Å². The first kappa shape index (κ1) is 11.0. The fourth-order valence-corrected chi connectivity index (χ4v) is 2.97. The van der Waals surface area contributed by atoms with Crippen LogP contribution in [-0.4, -0.2) is 19.6 Å². The van der Waals surface area contributed by atoms with E-state index in [0.29, 0.717) is 6.54 Å². The van der Waals surface area contributed by atoms with Gasteiger partial charge in [0.2, 0.25) is 0 Å². The minimum Gasteiger partial charge on any atom is -0.371 e. The van der Waals surface area contributed by atoms with Crippen LogP contribution in [0.1, 0.15) is 31.2 Å². The molecule has 1 heterocycles. The number of nitrogens with two attached hydrogens (primary N) is 1. The fourth-order valence-electron chi connectivity index (χ4n) is 2.97. The molecule has 1 saturated heterocycles. The van der Waals surface area contributed by atoms with Crippen molar-refractivity contribution >= 4 is 5.69 Å². The van der Waals surface area contributed by atoms with Gasteiger partial charge in [0.1, 0.15) is 5.82 Å². The SMILES string of the molecule is NCC1(c2c(F)cccc2N2CCCC2)CC1. The summed E-state index contributed by atoms with van der Waals surface area (Å²) in [5, 5.41) is 0. The van der Waals surface area contributed by atoms with E-state index in [9.17, 15) is 4.39 Å². The molecule has 2 fully saturated rings. The smallest absolute Gasteiger partial charge is 0.129 e. The van der Waals surface area contributed by atoms with E-state index >= 15 is 0 Å². The van der Waals surface area contributed by atoms with Crippen LogP contribution in [0.15, 0.2) is 18.2 Å². The molecule has 1 saturated carbocycles. The third-order valence-corrected chi connectivity index (χ3v) is 4.21. The van der Waals surface area contributed by atoms with Gasteiger partial charge in [0.05, 0.1) is 0 Å². The summed E-state index contributed by atoms with van der Waals surface area (Å²) in [6.45, 7) is 2.67. The molecule has 92 valence electrons. The van der Waals surface area contributed by atoms with Crippen molar-refractivity contribution in [2.24, 2.45) is 5.73 Å². The maximum atomic E-state index is 14.1. The Morgan fingerprint density at radius 3 is 2.53 bits per heavy atom. The van der Waals surface area contributed by atoms with Crippen molar-refractivity contribution in [2.75, 3.05) is 24.5 Å². The minimum absolute atomic E-state index is 0.0662. The summed E-state index contributed by atoms with van der Waals surface area (Å²) in [4.78, 5) is 2.31. The molecule has 2 N–H and O–H groups in total. The first-order chi connectivity index (χ1) is 8.27. The largest absolute Gasteiger partial charge is 0.371 e. The van der Waals surface area contributed by atoms with E-state index in [0.717, 1.165) is 37.2 Å². The van der Waals surface area contributed by atoms with Crippen molar-refractivity contribution in [3.63, 3.8) is 0 Å². The number of rotatable bonds is 3. The lowest BCUT2D eigenvalue weighted by Crippen LogP contribution is -2.27. The summed E-state index contributed by atoms with van der Waals surface area (Å²) in [7, 11) is 0. The van der Waals surface area contributed by atoms with Crippen LogP contribution >= 0.6 is 0 Å². The third-order valence-electron chi connectivity index (χ3n) is 4.21. The number of hydrogen-bond acceptors (Lipinski definition) is 2. The number of benzene rings is 1. The normalized spacial score (nSPS) is 21.9. The van der Waals surface area contributed by atoms with E-state index in [4.69, 9.17) is 5.73 Å². The van der Waals surface area contributed by atoms with Crippen LogP contribution in [0.3, 0.4) is 0 Å². The van der Waals surface area contributed by atoms with Crippen LogP contribution in [0.5, 0.6) is 0 Å². The van der Waals surface area contributed by atoms with Gasteiger partial charge in [-0.3, -0.25) is 0 Å². The Bertz CT molecular complexity index is 420. The van der Waals surface area contributed by atoms with Crippen LogP contribution in [0, 0.1) is 5.82 Å². The quantitative estimate of drug-likeness (QED) is 0.870. The third kappa shape index (κ3) is 1.73. The lowest BCUT2D eigenvalue weighted by Gasteiger charge is -2.26. The lowest BCUT2D eigenvalue weighted by atomic mass is 9.93. The molecule has 3 heteroatoms. The molecule has 0 aromatic heterocycles. The molecule has 0 spiro atoms. The highest BCUT2D eigenvalue weighted by atomic mass is 19.1. The number of nitrogens with zero attached hydrogens (tertiary/aromatic N) is 1. The molecule has 2 aliphatic rings. The molecule has 0 bridgehead atoms. The zero-order valence-corrected chi connectivity index (χ0v) is 10.1. The summed E-state index contributed by atoms with van der Waals surface area (Å²) < 4.78 is 14.1. The summed E-state index contributed by atoms with van der Waals surface area (Å²) >= 11 is 0. The molecule has 0 atom stereocenters. The molecule has 1 aliphatic carbocycles. The predicted molar refractivity (Wildman–Crippen MR) is 67.8 cm³/mol. The molecule has 2 nitrogen and oxygen atoms in total. The minimum atomic E-state index is -0.0719. The second-order valence-electron chi connectivity index (χ2n) is 5.31. The van der Waals surface area contributed by atoms with Crippen LogP contribution in [0.25, 0.3) is 0 Å². The lowest BCUT2D eigenvalue weighted by molar-refractivity contribution is 0.572. The maximum Gasteiger partial charge on any atom is 0.129 e. The first-order valence-electron chi connectivity index (χ1n) is 6.51. The van der Waals surface area contributed by atoms with Crippen molar-refractivity contribution < 1.29 is 4.39 Å². The van der Waals surface area contributed by atoms with Gasteiger partial charge in [-0.05, 0) is 37.8 Å². The molecule has 1 aromatic carbocycles. The summed E-state index contributed by atoms with van der Waals surface area (Å²) in [5.74, 6) is -0.0719. The Morgan fingerprint density at radius 2 is 1.94 bits per heavy atom. The Labute approximate surface area is 102 Å². The molecule has 1 aromatic rings. The Morgan fingerprint density at radius 1 is 1.24 bits per heavy atom. The zero-order valence-electron chi connectivity index (χ0n) is 10.1. The van der Waals surface area contributed by atoms with E-state index in [2.05, 4.69) is 11.0 Å². The van der Waals surface area contributed by atoms with Gasteiger partial charge in [0.25, 0.3) is 0 Å². The van der Waals surface area contributed by atoms with Gasteiger partial charge in [0.15, 0.2) is 0 Å². The van der Waals surface area contributed by atoms with Gasteiger partial charge in [-0.1, -0.05) is 6.07 Å².